The van der Waals surface area contributed by atoms with Crippen LogP contribution in [0.2, 0.25) is 0 Å². The molecule has 4 bridgehead atoms. The molecule has 0 aliphatic carbocycles. The summed E-state index contributed by atoms with van der Waals surface area (Å²) in [6.45, 7) is 0.225. The molecular weight excluding hydrogens is 537 g/mol. The number of ether oxygens (including phenoxy) is 3. The average molecular weight is 568 g/mol. The molecule has 0 radical (unpaired) electrons. The van der Waals surface area contributed by atoms with E-state index in [0.29, 0.717) is 36.4 Å². The van der Waals surface area contributed by atoms with E-state index in [1.54, 1.807) is 23.1 Å². The monoisotopic (exact) mass is 567 g/mol. The van der Waals surface area contributed by atoms with Gasteiger partial charge in [0.2, 0.25) is 11.8 Å². The summed E-state index contributed by atoms with van der Waals surface area (Å²) in [6.07, 6.45) is 1.77. The first-order valence-corrected chi connectivity index (χ1v) is 13.2. The number of likely N-dealkylation sites (tertiary alicyclic amines) is 1. The number of rotatable bonds is 3. The molecule has 1 saturated heterocycles. The van der Waals surface area contributed by atoms with Gasteiger partial charge < -0.3 is 29.7 Å². The predicted octanol–water partition coefficient (Wildman–Crippen LogP) is 0.627. The van der Waals surface area contributed by atoms with E-state index in [-0.39, 0.29) is 50.2 Å². The number of hydrogen-bond donors (Lipinski definition) is 2. The van der Waals surface area contributed by atoms with Gasteiger partial charge in [0.1, 0.15) is 30.5 Å². The zero-order valence-corrected chi connectivity index (χ0v) is 22.4. The number of benzene rings is 2. The minimum absolute atomic E-state index is 0.0581. The summed E-state index contributed by atoms with van der Waals surface area (Å²) in [6, 6.07) is 8.87. The Morgan fingerprint density at radius 2 is 2.02 bits per heavy atom. The topological polar surface area (TPSA) is 150 Å². The van der Waals surface area contributed by atoms with Crippen LogP contribution in [0.1, 0.15) is 24.0 Å². The van der Waals surface area contributed by atoms with Crippen molar-refractivity contribution in [2.24, 2.45) is 0 Å². The fourth-order valence-corrected chi connectivity index (χ4v) is 4.82. The van der Waals surface area contributed by atoms with Crippen molar-refractivity contribution >= 4 is 17.7 Å². The van der Waals surface area contributed by atoms with Gasteiger partial charge in [-0.05, 0) is 52.2 Å². The molecule has 3 amide bonds. The highest BCUT2D eigenvalue weighted by atomic mass is 19.1. The minimum atomic E-state index is -0.629. The van der Waals surface area contributed by atoms with Crippen LogP contribution in [0.3, 0.4) is 0 Å². The highest BCUT2D eigenvalue weighted by Crippen LogP contribution is 2.29. The summed E-state index contributed by atoms with van der Waals surface area (Å²) in [5, 5.41) is 16.6. The molecule has 2 aliphatic heterocycles. The number of hydrogen-bond acceptors (Lipinski definition) is 9. The molecule has 3 aromatic rings. The summed E-state index contributed by atoms with van der Waals surface area (Å²) in [5.41, 5.74) is 1.35. The molecule has 0 unspecified atom stereocenters. The number of piperidine rings is 1. The van der Waals surface area contributed by atoms with Crippen molar-refractivity contribution in [2.45, 2.75) is 44.5 Å². The molecule has 0 saturated carbocycles. The lowest BCUT2D eigenvalue weighted by Gasteiger charge is -2.38. The van der Waals surface area contributed by atoms with Gasteiger partial charge in [0.15, 0.2) is 18.1 Å². The van der Waals surface area contributed by atoms with E-state index < -0.39 is 23.9 Å². The molecule has 1 fully saturated rings. The Morgan fingerprint density at radius 1 is 1.15 bits per heavy atom. The fourth-order valence-electron chi connectivity index (χ4n) is 4.82. The Hall–Kier alpha value is -4.75. The van der Waals surface area contributed by atoms with Gasteiger partial charge in [-0.15, -0.1) is 5.10 Å². The van der Waals surface area contributed by atoms with Gasteiger partial charge in [-0.2, -0.15) is 0 Å². The summed E-state index contributed by atoms with van der Waals surface area (Å²) in [5.74, 6) is -0.327. The highest BCUT2D eigenvalue weighted by molar-refractivity contribution is 5.79. The van der Waals surface area contributed by atoms with Crippen molar-refractivity contribution in [1.82, 2.24) is 35.7 Å². The lowest BCUT2D eigenvalue weighted by Crippen LogP contribution is -2.59. The first-order valence-electron chi connectivity index (χ1n) is 13.2. The number of fused-ring (bicyclic) bond motifs is 5. The van der Waals surface area contributed by atoms with E-state index in [4.69, 9.17) is 14.2 Å². The zero-order chi connectivity index (χ0) is 28.8. The van der Waals surface area contributed by atoms with E-state index in [2.05, 4.69) is 26.2 Å². The Morgan fingerprint density at radius 3 is 2.83 bits per heavy atom. The molecular formula is C27H30FN7O6. The van der Waals surface area contributed by atoms with Crippen molar-refractivity contribution in [3.63, 3.8) is 0 Å². The van der Waals surface area contributed by atoms with Gasteiger partial charge in [0.25, 0.3) is 5.91 Å². The molecule has 5 rings (SSSR count). The molecule has 2 N–H and O–H groups in total. The number of nitrogens with zero attached hydrogens (tertiary/aromatic N) is 5. The van der Waals surface area contributed by atoms with Crippen LogP contribution in [-0.2, 0) is 33.9 Å². The number of carbonyl (C=O) groups is 3. The summed E-state index contributed by atoms with van der Waals surface area (Å²) in [4.78, 5) is 40.1. The van der Waals surface area contributed by atoms with Gasteiger partial charge >= 0.3 is 0 Å². The Bertz CT molecular complexity index is 1400. The molecule has 216 valence electrons. The van der Waals surface area contributed by atoms with Crippen LogP contribution < -0.4 is 24.8 Å². The lowest BCUT2D eigenvalue weighted by molar-refractivity contribution is -0.136. The van der Waals surface area contributed by atoms with Crippen molar-refractivity contribution in [1.29, 1.82) is 0 Å². The number of nitrogens with one attached hydrogen (secondary N) is 2. The van der Waals surface area contributed by atoms with Crippen molar-refractivity contribution in [3.8, 4) is 17.2 Å². The Kier molecular flexibility index (Phi) is 8.56. The van der Waals surface area contributed by atoms with E-state index >= 15 is 0 Å². The quantitative estimate of drug-likeness (QED) is 0.465. The normalized spacial score (nSPS) is 19.8. The summed E-state index contributed by atoms with van der Waals surface area (Å²) in [7, 11) is 1.50. The molecule has 0 spiro atoms. The smallest absolute Gasteiger partial charge is 0.258 e. The highest BCUT2D eigenvalue weighted by Gasteiger charge is 2.34. The van der Waals surface area contributed by atoms with E-state index in [9.17, 15) is 18.8 Å². The van der Waals surface area contributed by atoms with Crippen LogP contribution in [0.5, 0.6) is 17.2 Å². The van der Waals surface area contributed by atoms with Crippen molar-refractivity contribution in [3.05, 3.63) is 59.7 Å². The SMILES string of the molecule is COc1ccc2cc1OCC(=O)N[C@@H]1CN(C(=O)Cn3cnnn3)CC[C@H]1Oc1cc(F)cc(c1)CNC(=O)CC2. The van der Waals surface area contributed by atoms with E-state index in [0.717, 1.165) is 5.56 Å². The third kappa shape index (κ3) is 7.26. The Labute approximate surface area is 234 Å². The number of tetrazole rings is 1. The van der Waals surface area contributed by atoms with Crippen LogP contribution >= 0.6 is 0 Å². The molecule has 2 aliphatic rings. The van der Waals surface area contributed by atoms with Gasteiger partial charge in [-0.1, -0.05) is 6.07 Å². The van der Waals surface area contributed by atoms with Gasteiger partial charge in [0, 0.05) is 38.5 Å². The minimum Gasteiger partial charge on any atom is -0.493 e. The number of carbonyl (C=O) groups excluding carboxylic acids is 3. The maximum absolute atomic E-state index is 14.5. The molecule has 41 heavy (non-hydrogen) atoms. The van der Waals surface area contributed by atoms with Crippen LogP contribution in [0, 0.1) is 5.82 Å². The van der Waals surface area contributed by atoms with E-state index in [1.165, 1.54) is 30.3 Å². The number of halogens is 1. The van der Waals surface area contributed by atoms with Crippen LogP contribution in [0.25, 0.3) is 0 Å². The predicted molar refractivity (Wildman–Crippen MR) is 140 cm³/mol. The first kappa shape index (κ1) is 27.8. The molecule has 14 heteroatoms. The van der Waals surface area contributed by atoms with Crippen LogP contribution in [-0.4, -0.2) is 81.8 Å². The second-order valence-corrected chi connectivity index (χ2v) is 9.81. The largest absolute Gasteiger partial charge is 0.493 e. The maximum Gasteiger partial charge on any atom is 0.258 e. The summed E-state index contributed by atoms with van der Waals surface area (Å²) >= 11 is 0. The van der Waals surface area contributed by atoms with Crippen LogP contribution in [0.4, 0.5) is 4.39 Å². The maximum atomic E-state index is 14.5. The lowest BCUT2D eigenvalue weighted by atomic mass is 10.0. The van der Waals surface area contributed by atoms with Gasteiger partial charge in [0.05, 0.1) is 13.2 Å². The van der Waals surface area contributed by atoms with Crippen molar-refractivity contribution in [2.75, 3.05) is 26.8 Å². The molecule has 13 nitrogen and oxygen atoms in total. The number of methoxy groups -OCH3 is 1. The van der Waals surface area contributed by atoms with Gasteiger partial charge in [-0.25, -0.2) is 9.07 Å². The van der Waals surface area contributed by atoms with Crippen molar-refractivity contribution < 1.29 is 33.0 Å². The van der Waals surface area contributed by atoms with Gasteiger partial charge in [-0.3, -0.25) is 14.4 Å². The average Bonchev–Trinajstić information content (AvgIpc) is 3.47. The third-order valence-corrected chi connectivity index (χ3v) is 6.87. The fraction of sp³-hybridized carbons (Fsp3) is 0.407. The zero-order valence-electron chi connectivity index (χ0n) is 22.4. The second-order valence-electron chi connectivity index (χ2n) is 9.81. The number of aromatic nitrogens is 4. The van der Waals surface area contributed by atoms with Crippen LogP contribution in [0.15, 0.2) is 42.7 Å². The second kappa shape index (κ2) is 12.6. The number of amides is 3. The van der Waals surface area contributed by atoms with E-state index in [1.807, 2.05) is 6.07 Å². The third-order valence-electron chi connectivity index (χ3n) is 6.87. The standard InChI is InChI=1S/C27H30FN7O6/c1-39-23-4-2-17-3-5-25(36)29-12-18-8-19(28)11-20(9-18)41-22-6-7-34(27(38)14-35-16-30-32-33-35)13-21(22)31-26(37)15-40-24(23)10-17/h2,4,8-11,16,21-22H,3,5-7,12-15H2,1H3,(H,29,36)(H,31,37)/t21-,22-/m1/s1. The first-order chi connectivity index (χ1) is 19.9. The number of aryl methyl sites for hydroxylation is 1. The Balaban J connectivity index is 1.39. The molecule has 2 atom stereocenters. The molecule has 1 aromatic heterocycles. The summed E-state index contributed by atoms with van der Waals surface area (Å²) < 4.78 is 33.1. The molecule has 3 heterocycles. The molecule has 2 aromatic carbocycles.